The van der Waals surface area contributed by atoms with Gasteiger partial charge in [0.1, 0.15) is 0 Å². The SMILES string of the molecule is I.NC(=NC1C2CCOC2C12CCC2)N1CCN(c2ncccn2)CC1. The molecule has 3 atom stereocenters. The minimum absolute atomic E-state index is 0. The van der Waals surface area contributed by atoms with Crippen molar-refractivity contribution in [3.8, 4) is 0 Å². The largest absolute Gasteiger partial charge is 0.377 e. The standard InChI is InChI=1S/C18H26N6O.HI/c19-16(22-14-13-3-12-25-15(13)18(14)4-1-5-18)23-8-10-24(11-9-23)17-20-6-2-7-21-17;/h2,6-7,13-15H,1,3-5,8-12H2,(H2,19,22);1H. The van der Waals surface area contributed by atoms with Crippen molar-refractivity contribution in [3.63, 3.8) is 0 Å². The van der Waals surface area contributed by atoms with E-state index in [0.717, 1.165) is 51.1 Å². The number of hydrogen-bond acceptors (Lipinski definition) is 5. The maximum atomic E-state index is 6.41. The third-order valence-electron chi connectivity index (χ3n) is 6.69. The first-order chi connectivity index (χ1) is 12.3. The van der Waals surface area contributed by atoms with E-state index in [-0.39, 0.29) is 24.0 Å². The molecule has 4 fully saturated rings. The number of aromatic nitrogens is 2. The smallest absolute Gasteiger partial charge is 0.225 e. The Bertz CT molecular complexity index is 659. The molecule has 2 saturated carbocycles. The first-order valence-corrected chi connectivity index (χ1v) is 9.50. The predicted octanol–water partition coefficient (Wildman–Crippen LogP) is 1.49. The first kappa shape index (κ1) is 18.2. The van der Waals surface area contributed by atoms with E-state index < -0.39 is 0 Å². The van der Waals surface area contributed by atoms with Gasteiger partial charge in [0.2, 0.25) is 5.95 Å². The molecule has 3 heterocycles. The number of rotatable bonds is 2. The van der Waals surface area contributed by atoms with E-state index in [0.29, 0.717) is 23.5 Å². The monoisotopic (exact) mass is 470 g/mol. The van der Waals surface area contributed by atoms with Crippen molar-refractivity contribution in [1.29, 1.82) is 0 Å². The van der Waals surface area contributed by atoms with Crippen LogP contribution >= 0.6 is 24.0 Å². The van der Waals surface area contributed by atoms with Crippen LogP contribution in [0, 0.1) is 11.3 Å². The van der Waals surface area contributed by atoms with Crippen LogP contribution in [0.3, 0.4) is 0 Å². The van der Waals surface area contributed by atoms with Gasteiger partial charge < -0.3 is 20.3 Å². The molecule has 2 aliphatic heterocycles. The highest BCUT2D eigenvalue weighted by atomic mass is 127. The number of piperazine rings is 1. The Hall–Kier alpha value is -1.16. The van der Waals surface area contributed by atoms with Crippen LogP contribution in [0.1, 0.15) is 25.7 Å². The lowest BCUT2D eigenvalue weighted by molar-refractivity contribution is -0.164. The number of ether oxygens (including phenoxy) is 1. The number of anilines is 1. The van der Waals surface area contributed by atoms with Crippen LogP contribution in [0.25, 0.3) is 0 Å². The number of aliphatic imine (C=N–C) groups is 1. The van der Waals surface area contributed by atoms with E-state index in [1.54, 1.807) is 12.4 Å². The summed E-state index contributed by atoms with van der Waals surface area (Å²) in [4.78, 5) is 18.1. The normalized spacial score (nSPS) is 32.5. The molecule has 26 heavy (non-hydrogen) atoms. The van der Waals surface area contributed by atoms with Gasteiger partial charge in [-0.1, -0.05) is 6.42 Å². The topological polar surface area (TPSA) is 79.9 Å². The first-order valence-electron chi connectivity index (χ1n) is 9.50. The fourth-order valence-electron chi connectivity index (χ4n) is 5.20. The molecule has 1 aromatic rings. The molecule has 4 aliphatic rings. The molecule has 1 spiro atoms. The summed E-state index contributed by atoms with van der Waals surface area (Å²) in [7, 11) is 0. The Morgan fingerprint density at radius 1 is 1.19 bits per heavy atom. The second-order valence-corrected chi connectivity index (χ2v) is 7.79. The van der Waals surface area contributed by atoms with Gasteiger partial charge in [-0.15, -0.1) is 24.0 Å². The average molecular weight is 470 g/mol. The molecule has 0 radical (unpaired) electrons. The van der Waals surface area contributed by atoms with Crippen molar-refractivity contribution in [3.05, 3.63) is 18.5 Å². The van der Waals surface area contributed by atoms with Gasteiger partial charge in [0.05, 0.1) is 12.1 Å². The van der Waals surface area contributed by atoms with Crippen LogP contribution in [0.15, 0.2) is 23.5 Å². The molecule has 2 N–H and O–H groups in total. The van der Waals surface area contributed by atoms with Gasteiger partial charge in [0, 0.05) is 56.5 Å². The second-order valence-electron chi connectivity index (χ2n) is 7.79. The van der Waals surface area contributed by atoms with E-state index in [1.807, 2.05) is 6.07 Å². The van der Waals surface area contributed by atoms with E-state index in [1.165, 1.54) is 19.3 Å². The van der Waals surface area contributed by atoms with Gasteiger partial charge in [0.15, 0.2) is 5.96 Å². The highest BCUT2D eigenvalue weighted by Gasteiger charge is 2.66. The Morgan fingerprint density at radius 3 is 2.58 bits per heavy atom. The zero-order valence-corrected chi connectivity index (χ0v) is 17.3. The van der Waals surface area contributed by atoms with Crippen molar-refractivity contribution < 1.29 is 4.74 Å². The molecule has 0 aromatic carbocycles. The summed E-state index contributed by atoms with van der Waals surface area (Å²) in [5.74, 6) is 2.11. The molecule has 2 saturated heterocycles. The Morgan fingerprint density at radius 2 is 1.92 bits per heavy atom. The second kappa shape index (κ2) is 7.10. The van der Waals surface area contributed by atoms with Gasteiger partial charge in [-0.25, -0.2) is 15.0 Å². The summed E-state index contributed by atoms with van der Waals surface area (Å²) in [6.45, 7) is 4.41. The number of nitrogens with two attached hydrogens (primary N) is 1. The fourth-order valence-corrected chi connectivity index (χ4v) is 5.20. The third-order valence-corrected chi connectivity index (χ3v) is 6.69. The maximum absolute atomic E-state index is 6.41. The molecule has 7 nitrogen and oxygen atoms in total. The van der Waals surface area contributed by atoms with E-state index in [4.69, 9.17) is 15.5 Å². The van der Waals surface area contributed by atoms with Crippen molar-refractivity contribution in [2.75, 3.05) is 37.7 Å². The molecule has 8 heteroatoms. The molecule has 0 amide bonds. The van der Waals surface area contributed by atoms with Crippen LogP contribution in [-0.2, 0) is 4.74 Å². The summed E-state index contributed by atoms with van der Waals surface area (Å²) in [6.07, 6.45) is 9.01. The number of hydrogen-bond donors (Lipinski definition) is 1. The Balaban J connectivity index is 0.00000168. The van der Waals surface area contributed by atoms with Gasteiger partial charge in [-0.2, -0.15) is 0 Å². The van der Waals surface area contributed by atoms with Crippen LogP contribution in [0.5, 0.6) is 0 Å². The lowest BCUT2D eigenvalue weighted by atomic mass is 9.46. The molecule has 5 rings (SSSR count). The van der Waals surface area contributed by atoms with E-state index in [2.05, 4.69) is 19.8 Å². The van der Waals surface area contributed by atoms with Crippen molar-refractivity contribution in [2.45, 2.75) is 37.8 Å². The molecule has 1 aromatic heterocycles. The van der Waals surface area contributed by atoms with Crippen molar-refractivity contribution in [2.24, 2.45) is 22.1 Å². The Labute approximate surface area is 171 Å². The highest BCUT2D eigenvalue weighted by molar-refractivity contribution is 14.0. The van der Waals surface area contributed by atoms with Gasteiger partial charge >= 0.3 is 0 Å². The number of fused-ring (bicyclic) bond motifs is 2. The van der Waals surface area contributed by atoms with Crippen LogP contribution in [0.2, 0.25) is 0 Å². The van der Waals surface area contributed by atoms with Gasteiger partial charge in [0.25, 0.3) is 0 Å². The summed E-state index contributed by atoms with van der Waals surface area (Å²) in [6, 6.07) is 2.23. The minimum Gasteiger partial charge on any atom is -0.377 e. The lowest BCUT2D eigenvalue weighted by Crippen LogP contribution is -2.66. The zero-order valence-electron chi connectivity index (χ0n) is 15.0. The summed E-state index contributed by atoms with van der Waals surface area (Å²) in [5.41, 5.74) is 6.72. The van der Waals surface area contributed by atoms with Gasteiger partial charge in [-0.05, 0) is 25.3 Å². The fraction of sp³-hybridized carbons (Fsp3) is 0.722. The van der Waals surface area contributed by atoms with Crippen LogP contribution in [-0.4, -0.2) is 65.8 Å². The minimum atomic E-state index is 0. The Kier molecular flexibility index (Phi) is 4.98. The lowest BCUT2D eigenvalue weighted by Gasteiger charge is -2.61. The quantitative estimate of drug-likeness (QED) is 0.401. The summed E-state index contributed by atoms with van der Waals surface area (Å²) < 4.78 is 5.99. The number of nitrogens with zero attached hydrogens (tertiary/aromatic N) is 5. The number of halogens is 1. The van der Waals surface area contributed by atoms with E-state index in [9.17, 15) is 0 Å². The zero-order chi connectivity index (χ0) is 16.9. The number of guanidine groups is 1. The maximum Gasteiger partial charge on any atom is 0.225 e. The molecule has 142 valence electrons. The molecular formula is C18H27IN6O. The molecular weight excluding hydrogens is 443 g/mol. The van der Waals surface area contributed by atoms with Crippen LogP contribution < -0.4 is 10.6 Å². The predicted molar refractivity (Wildman–Crippen MR) is 111 cm³/mol. The van der Waals surface area contributed by atoms with Crippen molar-refractivity contribution in [1.82, 2.24) is 14.9 Å². The summed E-state index contributed by atoms with van der Waals surface area (Å²) >= 11 is 0. The van der Waals surface area contributed by atoms with E-state index >= 15 is 0 Å². The molecule has 2 aliphatic carbocycles. The highest BCUT2D eigenvalue weighted by Crippen LogP contribution is 2.64. The summed E-state index contributed by atoms with van der Waals surface area (Å²) in [5, 5.41) is 0. The molecule has 3 unspecified atom stereocenters. The van der Waals surface area contributed by atoms with Crippen molar-refractivity contribution >= 4 is 35.9 Å². The van der Waals surface area contributed by atoms with Crippen LogP contribution in [0.4, 0.5) is 5.95 Å². The third kappa shape index (κ3) is 2.76. The van der Waals surface area contributed by atoms with Gasteiger partial charge in [-0.3, -0.25) is 0 Å². The average Bonchev–Trinajstić information content (AvgIpc) is 3.04. The molecule has 0 bridgehead atoms.